The Labute approximate surface area is 195 Å². The molecule has 0 atom stereocenters. The summed E-state index contributed by atoms with van der Waals surface area (Å²) in [4.78, 5) is 17.7. The first-order valence-corrected chi connectivity index (χ1v) is 10.6. The van der Waals surface area contributed by atoms with E-state index in [1.54, 1.807) is 42.5 Å². The summed E-state index contributed by atoms with van der Waals surface area (Å²) in [6, 6.07) is 28.5. The number of aliphatic imine (C=N–C) groups is 1. The molecule has 0 aromatic heterocycles. The summed E-state index contributed by atoms with van der Waals surface area (Å²) in [6.07, 6.45) is -4.41. The van der Waals surface area contributed by atoms with Crippen LogP contribution in [0, 0.1) is 6.92 Å². The minimum atomic E-state index is -4.41. The Morgan fingerprint density at radius 1 is 0.765 bits per heavy atom. The van der Waals surface area contributed by atoms with Gasteiger partial charge in [-0.05, 0) is 60.0 Å². The van der Waals surface area contributed by atoms with Gasteiger partial charge in [0.15, 0.2) is 0 Å². The Bertz CT molecular complexity index is 1330. The van der Waals surface area contributed by atoms with Gasteiger partial charge in [-0.25, -0.2) is 4.99 Å². The molecule has 0 radical (unpaired) electrons. The second-order valence-electron chi connectivity index (χ2n) is 7.72. The van der Waals surface area contributed by atoms with E-state index < -0.39 is 11.7 Å². The highest BCUT2D eigenvalue weighted by Crippen LogP contribution is 2.32. The third kappa shape index (κ3) is 5.41. The molecule has 6 heteroatoms. The van der Waals surface area contributed by atoms with E-state index in [9.17, 15) is 18.0 Å². The number of anilines is 1. The number of hydrogen-bond acceptors (Lipinski definition) is 2. The molecule has 1 N–H and O–H groups in total. The average Bonchev–Trinajstić information content (AvgIpc) is 2.84. The Morgan fingerprint density at radius 2 is 1.44 bits per heavy atom. The fourth-order valence-corrected chi connectivity index (χ4v) is 3.52. The van der Waals surface area contributed by atoms with E-state index in [0.29, 0.717) is 28.1 Å². The summed E-state index contributed by atoms with van der Waals surface area (Å²) in [7, 11) is 0. The molecule has 170 valence electrons. The van der Waals surface area contributed by atoms with Crippen molar-refractivity contribution in [1.82, 2.24) is 0 Å². The van der Waals surface area contributed by atoms with Crippen LogP contribution in [-0.4, -0.2) is 11.6 Å². The molecule has 0 aliphatic carbocycles. The Balaban J connectivity index is 1.68. The van der Waals surface area contributed by atoms with Crippen molar-refractivity contribution in [3.8, 4) is 11.1 Å². The molecule has 0 saturated heterocycles. The van der Waals surface area contributed by atoms with Gasteiger partial charge >= 0.3 is 6.18 Å². The predicted molar refractivity (Wildman–Crippen MR) is 129 cm³/mol. The molecule has 0 spiro atoms. The lowest BCUT2D eigenvalue weighted by Crippen LogP contribution is -2.24. The average molecular weight is 458 g/mol. The summed E-state index contributed by atoms with van der Waals surface area (Å²) in [5, 5.41) is 2.87. The molecule has 0 heterocycles. The van der Waals surface area contributed by atoms with Gasteiger partial charge in [-0.15, -0.1) is 0 Å². The molecule has 0 aliphatic heterocycles. The molecule has 0 fully saturated rings. The normalized spacial score (nSPS) is 11.8. The summed E-state index contributed by atoms with van der Waals surface area (Å²) in [5.74, 6) is -0.359. The molecule has 4 aromatic rings. The molecular weight excluding hydrogens is 437 g/mol. The Hall–Kier alpha value is -4.19. The maximum Gasteiger partial charge on any atom is 0.416 e. The number of para-hydroxylation sites is 1. The van der Waals surface area contributed by atoms with Gasteiger partial charge in [0.05, 0.1) is 11.3 Å². The van der Waals surface area contributed by atoms with Crippen molar-refractivity contribution >= 4 is 23.0 Å². The first-order valence-electron chi connectivity index (χ1n) is 10.6. The standard InChI is InChI=1S/C28H21F3N2O/c1-19-8-5-6-13-25(19)26(27(34)33-23-11-3-2-4-12-23)32-24-16-14-20(15-17-24)21-9-7-10-22(18-21)28(29,30)31/h2-18H,1H3,(H,33,34). The van der Waals surface area contributed by atoms with E-state index in [2.05, 4.69) is 10.3 Å². The van der Waals surface area contributed by atoms with Gasteiger partial charge in [-0.3, -0.25) is 4.79 Å². The molecule has 3 nitrogen and oxygen atoms in total. The zero-order valence-electron chi connectivity index (χ0n) is 18.3. The van der Waals surface area contributed by atoms with E-state index in [0.717, 1.165) is 17.7 Å². The highest BCUT2D eigenvalue weighted by atomic mass is 19.4. The molecule has 4 rings (SSSR count). The van der Waals surface area contributed by atoms with Crippen molar-refractivity contribution in [2.45, 2.75) is 13.1 Å². The summed E-state index contributed by atoms with van der Waals surface area (Å²) in [6.45, 7) is 1.90. The highest BCUT2D eigenvalue weighted by Gasteiger charge is 2.30. The molecule has 34 heavy (non-hydrogen) atoms. The van der Waals surface area contributed by atoms with Crippen LogP contribution in [0.1, 0.15) is 16.7 Å². The second kappa shape index (κ2) is 9.75. The molecule has 0 bridgehead atoms. The SMILES string of the molecule is Cc1ccccc1C(=Nc1ccc(-c2cccc(C(F)(F)F)c2)cc1)C(=O)Nc1ccccc1. The topological polar surface area (TPSA) is 41.5 Å². The fourth-order valence-electron chi connectivity index (χ4n) is 3.52. The van der Waals surface area contributed by atoms with Crippen LogP contribution in [0.4, 0.5) is 24.5 Å². The number of nitrogens with zero attached hydrogens (tertiary/aromatic N) is 1. The lowest BCUT2D eigenvalue weighted by atomic mass is 10.0. The number of alkyl halides is 3. The fraction of sp³-hybridized carbons (Fsp3) is 0.0714. The molecule has 0 aliphatic rings. The van der Waals surface area contributed by atoms with Gasteiger partial charge in [0.2, 0.25) is 0 Å². The monoisotopic (exact) mass is 458 g/mol. The van der Waals surface area contributed by atoms with Gasteiger partial charge in [0.25, 0.3) is 5.91 Å². The summed E-state index contributed by atoms with van der Waals surface area (Å²) in [5.41, 5.74) is 3.36. The van der Waals surface area contributed by atoms with E-state index in [4.69, 9.17) is 0 Å². The minimum Gasteiger partial charge on any atom is -0.321 e. The number of rotatable bonds is 5. The predicted octanol–water partition coefficient (Wildman–Crippen LogP) is 7.44. The third-order valence-corrected chi connectivity index (χ3v) is 5.28. The van der Waals surface area contributed by atoms with Gasteiger partial charge in [0.1, 0.15) is 5.71 Å². The van der Waals surface area contributed by atoms with Crippen molar-refractivity contribution in [2.24, 2.45) is 4.99 Å². The zero-order valence-corrected chi connectivity index (χ0v) is 18.3. The van der Waals surface area contributed by atoms with Crippen LogP contribution in [0.15, 0.2) is 108 Å². The molecule has 1 amide bonds. The first kappa shape index (κ1) is 23.0. The van der Waals surface area contributed by atoms with Crippen molar-refractivity contribution < 1.29 is 18.0 Å². The van der Waals surface area contributed by atoms with Gasteiger partial charge in [-0.1, -0.05) is 66.7 Å². The Kier molecular flexibility index (Phi) is 6.59. The van der Waals surface area contributed by atoms with E-state index >= 15 is 0 Å². The number of amides is 1. The molecular formula is C28H21F3N2O. The number of halogens is 3. The van der Waals surface area contributed by atoms with Crippen molar-refractivity contribution in [2.75, 3.05) is 5.32 Å². The first-order chi connectivity index (χ1) is 16.3. The second-order valence-corrected chi connectivity index (χ2v) is 7.72. The molecule has 4 aromatic carbocycles. The van der Waals surface area contributed by atoms with Crippen LogP contribution in [-0.2, 0) is 11.0 Å². The smallest absolute Gasteiger partial charge is 0.321 e. The lowest BCUT2D eigenvalue weighted by molar-refractivity contribution is -0.137. The van der Waals surface area contributed by atoms with E-state index in [1.165, 1.54) is 6.07 Å². The maximum atomic E-state index is 13.1. The van der Waals surface area contributed by atoms with Gasteiger partial charge in [-0.2, -0.15) is 13.2 Å². The van der Waals surface area contributed by atoms with Crippen molar-refractivity contribution in [3.63, 3.8) is 0 Å². The number of carbonyl (C=O) groups is 1. The zero-order chi connectivity index (χ0) is 24.1. The quantitative estimate of drug-likeness (QED) is 0.310. The van der Waals surface area contributed by atoms with Crippen LogP contribution >= 0.6 is 0 Å². The van der Waals surface area contributed by atoms with E-state index in [1.807, 2.05) is 49.4 Å². The van der Waals surface area contributed by atoms with Crippen LogP contribution < -0.4 is 5.32 Å². The van der Waals surface area contributed by atoms with Crippen LogP contribution in [0.3, 0.4) is 0 Å². The van der Waals surface area contributed by atoms with Crippen molar-refractivity contribution in [3.05, 3.63) is 120 Å². The van der Waals surface area contributed by atoms with Crippen LogP contribution in [0.2, 0.25) is 0 Å². The Morgan fingerprint density at radius 3 is 2.12 bits per heavy atom. The maximum absolute atomic E-state index is 13.1. The largest absolute Gasteiger partial charge is 0.416 e. The number of aryl methyl sites for hydroxylation is 1. The van der Waals surface area contributed by atoms with Crippen molar-refractivity contribution in [1.29, 1.82) is 0 Å². The molecule has 0 unspecified atom stereocenters. The van der Waals surface area contributed by atoms with Gasteiger partial charge in [0, 0.05) is 11.3 Å². The number of nitrogens with one attached hydrogen (secondary N) is 1. The third-order valence-electron chi connectivity index (χ3n) is 5.28. The van der Waals surface area contributed by atoms with Crippen LogP contribution in [0.5, 0.6) is 0 Å². The number of carbonyl (C=O) groups excluding carboxylic acids is 1. The number of benzene rings is 4. The number of hydrogen-bond donors (Lipinski definition) is 1. The molecule has 0 saturated carbocycles. The van der Waals surface area contributed by atoms with Gasteiger partial charge < -0.3 is 5.32 Å². The highest BCUT2D eigenvalue weighted by molar-refractivity contribution is 6.49. The lowest BCUT2D eigenvalue weighted by Gasteiger charge is -2.11. The minimum absolute atomic E-state index is 0.244. The summed E-state index contributed by atoms with van der Waals surface area (Å²) >= 11 is 0. The van der Waals surface area contributed by atoms with Crippen LogP contribution in [0.25, 0.3) is 11.1 Å². The van der Waals surface area contributed by atoms with E-state index in [-0.39, 0.29) is 11.6 Å². The summed E-state index contributed by atoms with van der Waals surface area (Å²) < 4.78 is 39.2.